The van der Waals surface area contributed by atoms with Gasteiger partial charge in [0, 0.05) is 17.1 Å². The molecule has 0 amide bonds. The van der Waals surface area contributed by atoms with Crippen molar-refractivity contribution in [1.29, 1.82) is 0 Å². The van der Waals surface area contributed by atoms with Gasteiger partial charge in [-0.25, -0.2) is 0 Å². The molecule has 90 valence electrons. The van der Waals surface area contributed by atoms with Crippen molar-refractivity contribution in [3.8, 4) is 0 Å². The third-order valence-corrected chi connectivity index (χ3v) is 2.39. The summed E-state index contributed by atoms with van der Waals surface area (Å²) in [5.74, 6) is 0. The van der Waals surface area contributed by atoms with Gasteiger partial charge in [0.25, 0.3) is 5.69 Å². The van der Waals surface area contributed by atoms with Crippen LogP contribution in [-0.4, -0.2) is 11.5 Å². The van der Waals surface area contributed by atoms with E-state index >= 15 is 0 Å². The minimum Gasteiger partial charge on any atom is -0.379 e. The van der Waals surface area contributed by atoms with Crippen LogP contribution in [0.25, 0.3) is 0 Å². The van der Waals surface area contributed by atoms with E-state index in [-0.39, 0.29) is 10.6 Å². The Kier molecular flexibility index (Phi) is 6.72. The zero-order valence-electron chi connectivity index (χ0n) is 10.0. The SMILES string of the molecule is CC.CCNc1c(Br)cc(C)cc1[N+](=O)[O-]. The summed E-state index contributed by atoms with van der Waals surface area (Å²) in [5, 5.41) is 13.7. The maximum atomic E-state index is 10.7. The van der Waals surface area contributed by atoms with Gasteiger partial charge in [-0.05, 0) is 41.4 Å². The molecule has 0 spiro atoms. The van der Waals surface area contributed by atoms with Gasteiger partial charge < -0.3 is 5.32 Å². The number of anilines is 1. The van der Waals surface area contributed by atoms with Gasteiger partial charge in [0.1, 0.15) is 5.69 Å². The van der Waals surface area contributed by atoms with Crippen LogP contribution in [0, 0.1) is 17.0 Å². The molecule has 0 saturated heterocycles. The molecular formula is C11H17BrN2O2. The molecule has 0 bridgehead atoms. The van der Waals surface area contributed by atoms with Gasteiger partial charge in [0.15, 0.2) is 0 Å². The summed E-state index contributed by atoms with van der Waals surface area (Å²) in [6.45, 7) is 8.38. The quantitative estimate of drug-likeness (QED) is 0.672. The molecular weight excluding hydrogens is 272 g/mol. The predicted molar refractivity (Wildman–Crippen MR) is 71.0 cm³/mol. The van der Waals surface area contributed by atoms with Gasteiger partial charge in [-0.15, -0.1) is 0 Å². The number of nitrogens with one attached hydrogen (secondary N) is 1. The standard InChI is InChI=1S/C9H11BrN2O2.C2H6/c1-3-11-9-7(10)4-6(2)5-8(9)12(13)14;1-2/h4-5,11H,3H2,1-2H3;1-2H3. The number of benzene rings is 1. The van der Waals surface area contributed by atoms with Crippen molar-refractivity contribution in [3.63, 3.8) is 0 Å². The number of aryl methyl sites for hydroxylation is 1. The lowest BCUT2D eigenvalue weighted by Crippen LogP contribution is -2.02. The number of hydrogen-bond donors (Lipinski definition) is 1. The summed E-state index contributed by atoms with van der Waals surface area (Å²) in [4.78, 5) is 10.4. The van der Waals surface area contributed by atoms with E-state index in [1.807, 2.05) is 33.8 Å². The molecule has 0 aliphatic carbocycles. The van der Waals surface area contributed by atoms with Crippen molar-refractivity contribution in [1.82, 2.24) is 0 Å². The molecule has 0 atom stereocenters. The fourth-order valence-corrected chi connectivity index (χ4v) is 1.92. The molecule has 5 heteroatoms. The molecule has 0 unspecified atom stereocenters. The van der Waals surface area contributed by atoms with E-state index in [1.54, 1.807) is 6.07 Å². The van der Waals surface area contributed by atoms with Crippen molar-refractivity contribution in [2.24, 2.45) is 0 Å². The van der Waals surface area contributed by atoms with Gasteiger partial charge in [0.05, 0.1) is 4.92 Å². The second-order valence-corrected chi connectivity index (χ2v) is 3.78. The van der Waals surface area contributed by atoms with Gasteiger partial charge in [0.2, 0.25) is 0 Å². The molecule has 0 aromatic heterocycles. The van der Waals surface area contributed by atoms with E-state index in [0.717, 1.165) is 10.0 Å². The first kappa shape index (κ1) is 14.9. The van der Waals surface area contributed by atoms with Crippen LogP contribution in [-0.2, 0) is 0 Å². The van der Waals surface area contributed by atoms with Gasteiger partial charge >= 0.3 is 0 Å². The Morgan fingerprint density at radius 3 is 2.44 bits per heavy atom. The number of hydrogen-bond acceptors (Lipinski definition) is 3. The molecule has 0 aliphatic heterocycles. The highest BCUT2D eigenvalue weighted by atomic mass is 79.9. The number of nitro benzene ring substituents is 1. The van der Waals surface area contributed by atoms with Crippen LogP contribution in [0.15, 0.2) is 16.6 Å². The second kappa shape index (κ2) is 7.22. The lowest BCUT2D eigenvalue weighted by molar-refractivity contribution is -0.384. The molecule has 0 radical (unpaired) electrons. The summed E-state index contributed by atoms with van der Waals surface area (Å²) in [6.07, 6.45) is 0. The van der Waals surface area contributed by atoms with Crippen LogP contribution in [0.5, 0.6) is 0 Å². The van der Waals surface area contributed by atoms with E-state index in [4.69, 9.17) is 0 Å². The highest BCUT2D eigenvalue weighted by molar-refractivity contribution is 9.10. The largest absolute Gasteiger partial charge is 0.379 e. The number of nitro groups is 1. The molecule has 1 aromatic carbocycles. The Morgan fingerprint density at radius 1 is 1.44 bits per heavy atom. The Labute approximate surface area is 104 Å². The Hall–Kier alpha value is -1.10. The monoisotopic (exact) mass is 288 g/mol. The van der Waals surface area contributed by atoms with Crippen LogP contribution in [0.4, 0.5) is 11.4 Å². The van der Waals surface area contributed by atoms with E-state index in [1.165, 1.54) is 0 Å². The lowest BCUT2D eigenvalue weighted by atomic mass is 10.2. The molecule has 0 heterocycles. The maximum Gasteiger partial charge on any atom is 0.293 e. The molecule has 0 fully saturated rings. The third kappa shape index (κ3) is 3.81. The average molecular weight is 289 g/mol. The van der Waals surface area contributed by atoms with Crippen molar-refractivity contribution in [2.75, 3.05) is 11.9 Å². The number of nitrogens with zero attached hydrogens (tertiary/aromatic N) is 1. The predicted octanol–water partition coefficient (Wildman–Crippen LogP) is 4.12. The first-order chi connectivity index (χ1) is 7.56. The molecule has 0 aliphatic rings. The topological polar surface area (TPSA) is 55.2 Å². The van der Waals surface area contributed by atoms with Crippen molar-refractivity contribution < 1.29 is 4.92 Å². The highest BCUT2D eigenvalue weighted by Crippen LogP contribution is 2.33. The van der Waals surface area contributed by atoms with Crippen LogP contribution in [0.1, 0.15) is 26.3 Å². The van der Waals surface area contributed by atoms with Crippen molar-refractivity contribution in [2.45, 2.75) is 27.7 Å². The van der Waals surface area contributed by atoms with Crippen LogP contribution < -0.4 is 5.32 Å². The minimum absolute atomic E-state index is 0.110. The smallest absolute Gasteiger partial charge is 0.293 e. The summed E-state index contributed by atoms with van der Waals surface area (Å²) in [7, 11) is 0. The highest BCUT2D eigenvalue weighted by Gasteiger charge is 2.16. The zero-order chi connectivity index (χ0) is 12.7. The van der Waals surface area contributed by atoms with E-state index < -0.39 is 0 Å². The fraction of sp³-hybridized carbons (Fsp3) is 0.455. The molecule has 1 N–H and O–H groups in total. The average Bonchev–Trinajstić information content (AvgIpc) is 2.24. The Morgan fingerprint density at radius 2 is 2.00 bits per heavy atom. The zero-order valence-corrected chi connectivity index (χ0v) is 11.6. The molecule has 16 heavy (non-hydrogen) atoms. The summed E-state index contributed by atoms with van der Waals surface area (Å²) >= 11 is 3.30. The second-order valence-electron chi connectivity index (χ2n) is 2.93. The molecule has 4 nitrogen and oxygen atoms in total. The molecule has 0 saturated carbocycles. The van der Waals surface area contributed by atoms with Crippen molar-refractivity contribution in [3.05, 3.63) is 32.3 Å². The Balaban J connectivity index is 0.00000106. The van der Waals surface area contributed by atoms with Crippen LogP contribution in [0.2, 0.25) is 0 Å². The van der Waals surface area contributed by atoms with Crippen LogP contribution in [0.3, 0.4) is 0 Å². The van der Waals surface area contributed by atoms with Crippen molar-refractivity contribution >= 4 is 27.3 Å². The molecule has 1 rings (SSSR count). The summed E-state index contributed by atoms with van der Waals surface area (Å²) in [5.41, 5.74) is 1.52. The third-order valence-electron chi connectivity index (χ3n) is 1.76. The summed E-state index contributed by atoms with van der Waals surface area (Å²) in [6, 6.07) is 3.41. The van der Waals surface area contributed by atoms with Gasteiger partial charge in [-0.2, -0.15) is 0 Å². The van der Waals surface area contributed by atoms with Crippen LogP contribution >= 0.6 is 15.9 Å². The van der Waals surface area contributed by atoms with E-state index in [9.17, 15) is 10.1 Å². The van der Waals surface area contributed by atoms with E-state index in [2.05, 4.69) is 21.2 Å². The maximum absolute atomic E-state index is 10.7. The first-order valence-corrected chi connectivity index (χ1v) is 6.04. The van der Waals surface area contributed by atoms with E-state index in [0.29, 0.717) is 12.2 Å². The number of halogens is 1. The Bertz CT molecular complexity index is 367. The summed E-state index contributed by atoms with van der Waals surface area (Å²) < 4.78 is 0.728. The number of rotatable bonds is 3. The van der Waals surface area contributed by atoms with Gasteiger partial charge in [-0.1, -0.05) is 13.8 Å². The fourth-order valence-electron chi connectivity index (χ4n) is 1.22. The minimum atomic E-state index is -0.379. The first-order valence-electron chi connectivity index (χ1n) is 5.24. The lowest BCUT2D eigenvalue weighted by Gasteiger charge is -2.07. The molecule has 1 aromatic rings. The van der Waals surface area contributed by atoms with Gasteiger partial charge in [-0.3, -0.25) is 10.1 Å². The normalized spacial score (nSPS) is 9.06.